The van der Waals surface area contributed by atoms with Gasteiger partial charge in [-0.15, -0.1) is 0 Å². The molecule has 1 aliphatic rings. The number of carboxylic acid groups (broad SMARTS) is 1. The molecule has 0 saturated carbocycles. The number of amides is 1. The highest BCUT2D eigenvalue weighted by Gasteiger charge is 2.38. The smallest absolute Gasteiger partial charge is 0.329 e. The summed E-state index contributed by atoms with van der Waals surface area (Å²) in [6.45, 7) is 3.76. The van der Waals surface area contributed by atoms with Crippen molar-refractivity contribution in [1.29, 1.82) is 0 Å². The molecule has 0 unspecified atom stereocenters. The molecule has 0 aromatic carbocycles. The molecule has 1 fully saturated rings. The lowest BCUT2D eigenvalue weighted by molar-refractivity contribution is -0.164. The third-order valence-corrected chi connectivity index (χ3v) is 2.18. The highest BCUT2D eigenvalue weighted by atomic mass is 16.5. The van der Waals surface area contributed by atoms with Crippen LogP contribution in [0.1, 0.15) is 13.8 Å². The van der Waals surface area contributed by atoms with E-state index in [0.29, 0.717) is 13.2 Å². The van der Waals surface area contributed by atoms with Gasteiger partial charge in [0.2, 0.25) is 5.91 Å². The van der Waals surface area contributed by atoms with Crippen LogP contribution in [0.3, 0.4) is 0 Å². The zero-order valence-electron chi connectivity index (χ0n) is 7.74. The van der Waals surface area contributed by atoms with Crippen LogP contribution in [0.5, 0.6) is 0 Å². The highest BCUT2D eigenvalue weighted by molar-refractivity contribution is 5.87. The summed E-state index contributed by atoms with van der Waals surface area (Å²) >= 11 is 0. The van der Waals surface area contributed by atoms with Gasteiger partial charge >= 0.3 is 5.97 Å². The molecule has 1 heterocycles. The van der Waals surface area contributed by atoms with E-state index in [1.165, 1.54) is 18.7 Å². The standard InChI is InChI=1S/C8H13NO4/c1-8(2,7(11)12)9-3-4-13-5-6(9)10/h3-5H2,1-2H3,(H,11,12). The first-order valence-electron chi connectivity index (χ1n) is 4.08. The van der Waals surface area contributed by atoms with E-state index in [9.17, 15) is 9.59 Å². The van der Waals surface area contributed by atoms with Crippen molar-refractivity contribution in [2.45, 2.75) is 19.4 Å². The molecule has 0 aromatic heterocycles. The topological polar surface area (TPSA) is 66.8 Å². The van der Waals surface area contributed by atoms with E-state index in [-0.39, 0.29) is 12.5 Å². The molecule has 5 nitrogen and oxygen atoms in total. The van der Waals surface area contributed by atoms with Gasteiger partial charge in [-0.25, -0.2) is 4.79 Å². The minimum Gasteiger partial charge on any atom is -0.480 e. The average Bonchev–Trinajstić information content (AvgIpc) is 2.04. The molecule has 74 valence electrons. The Morgan fingerprint density at radius 3 is 2.69 bits per heavy atom. The molecule has 0 spiro atoms. The molecular formula is C8H13NO4. The number of ether oxygens (including phenoxy) is 1. The normalized spacial score (nSPS) is 18.9. The van der Waals surface area contributed by atoms with Crippen LogP contribution in [-0.4, -0.2) is 47.2 Å². The fourth-order valence-corrected chi connectivity index (χ4v) is 1.22. The Bertz CT molecular complexity index is 236. The maximum atomic E-state index is 11.3. The molecule has 1 rings (SSSR count). The lowest BCUT2D eigenvalue weighted by Gasteiger charge is -2.37. The molecule has 0 radical (unpaired) electrons. The van der Waals surface area contributed by atoms with Gasteiger partial charge < -0.3 is 14.7 Å². The molecule has 1 saturated heterocycles. The van der Waals surface area contributed by atoms with Crippen molar-refractivity contribution in [2.75, 3.05) is 19.8 Å². The van der Waals surface area contributed by atoms with Gasteiger partial charge in [0.1, 0.15) is 12.1 Å². The summed E-state index contributed by atoms with van der Waals surface area (Å²) in [4.78, 5) is 23.4. The van der Waals surface area contributed by atoms with E-state index in [4.69, 9.17) is 9.84 Å². The van der Waals surface area contributed by atoms with Crippen molar-refractivity contribution in [1.82, 2.24) is 4.90 Å². The summed E-state index contributed by atoms with van der Waals surface area (Å²) in [5.41, 5.74) is -1.14. The van der Waals surface area contributed by atoms with Gasteiger partial charge in [0.15, 0.2) is 0 Å². The summed E-state index contributed by atoms with van der Waals surface area (Å²) in [5.74, 6) is -1.26. The Kier molecular flexibility index (Phi) is 2.56. The maximum Gasteiger partial charge on any atom is 0.329 e. The zero-order chi connectivity index (χ0) is 10.1. The van der Waals surface area contributed by atoms with Crippen molar-refractivity contribution >= 4 is 11.9 Å². The van der Waals surface area contributed by atoms with Crippen molar-refractivity contribution in [2.24, 2.45) is 0 Å². The van der Waals surface area contributed by atoms with Crippen LogP contribution in [0.25, 0.3) is 0 Å². The number of carboxylic acids is 1. The molecule has 1 aliphatic heterocycles. The predicted molar refractivity (Wildman–Crippen MR) is 44.2 cm³/mol. The van der Waals surface area contributed by atoms with E-state index < -0.39 is 11.5 Å². The lowest BCUT2D eigenvalue weighted by atomic mass is 10.0. The third-order valence-electron chi connectivity index (χ3n) is 2.18. The van der Waals surface area contributed by atoms with Gasteiger partial charge in [0.05, 0.1) is 6.61 Å². The Balaban J connectivity index is 2.79. The number of hydrogen-bond donors (Lipinski definition) is 1. The van der Waals surface area contributed by atoms with Crippen molar-refractivity contribution in [3.8, 4) is 0 Å². The predicted octanol–water partition coefficient (Wildman–Crippen LogP) is -0.292. The van der Waals surface area contributed by atoms with Crippen LogP contribution in [0.15, 0.2) is 0 Å². The number of carbonyl (C=O) groups is 2. The minimum absolute atomic E-state index is 0.0172. The molecule has 5 heteroatoms. The van der Waals surface area contributed by atoms with Gasteiger partial charge in [0, 0.05) is 6.54 Å². The SMILES string of the molecule is CC(C)(C(=O)O)N1CCOCC1=O. The first-order chi connectivity index (χ1) is 5.96. The van der Waals surface area contributed by atoms with Crippen LogP contribution in [0.2, 0.25) is 0 Å². The molecule has 1 N–H and O–H groups in total. The largest absolute Gasteiger partial charge is 0.480 e. The van der Waals surface area contributed by atoms with E-state index >= 15 is 0 Å². The van der Waals surface area contributed by atoms with Crippen LogP contribution >= 0.6 is 0 Å². The molecule has 0 aromatic rings. The Morgan fingerprint density at radius 2 is 2.23 bits per heavy atom. The average molecular weight is 187 g/mol. The van der Waals surface area contributed by atoms with E-state index in [1.54, 1.807) is 0 Å². The second kappa shape index (κ2) is 3.33. The highest BCUT2D eigenvalue weighted by Crippen LogP contribution is 2.16. The first kappa shape index (κ1) is 9.98. The van der Waals surface area contributed by atoms with Crippen LogP contribution < -0.4 is 0 Å². The second-order valence-electron chi connectivity index (χ2n) is 3.46. The fraction of sp³-hybridized carbons (Fsp3) is 0.750. The molecule has 1 amide bonds. The summed E-state index contributed by atoms with van der Waals surface area (Å²) in [7, 11) is 0. The molecule has 0 bridgehead atoms. The molecule has 0 aliphatic carbocycles. The van der Waals surface area contributed by atoms with Crippen LogP contribution in [0.4, 0.5) is 0 Å². The molecule has 13 heavy (non-hydrogen) atoms. The van der Waals surface area contributed by atoms with Gasteiger partial charge in [-0.1, -0.05) is 0 Å². The van der Waals surface area contributed by atoms with Gasteiger partial charge in [-0.2, -0.15) is 0 Å². The fourth-order valence-electron chi connectivity index (χ4n) is 1.22. The van der Waals surface area contributed by atoms with Gasteiger partial charge in [-0.3, -0.25) is 4.79 Å². The Morgan fingerprint density at radius 1 is 1.62 bits per heavy atom. The zero-order valence-corrected chi connectivity index (χ0v) is 7.74. The minimum atomic E-state index is -1.14. The molecule has 0 atom stereocenters. The monoisotopic (exact) mass is 187 g/mol. The van der Waals surface area contributed by atoms with Crippen LogP contribution in [-0.2, 0) is 14.3 Å². The quantitative estimate of drug-likeness (QED) is 0.645. The number of hydrogen-bond acceptors (Lipinski definition) is 3. The number of aliphatic carboxylic acids is 1. The van der Waals surface area contributed by atoms with Crippen LogP contribution in [0, 0.1) is 0 Å². The summed E-state index contributed by atoms with van der Waals surface area (Å²) in [6, 6.07) is 0. The number of rotatable bonds is 2. The number of morpholine rings is 1. The molecular weight excluding hydrogens is 174 g/mol. The van der Waals surface area contributed by atoms with E-state index in [1.807, 2.05) is 0 Å². The third kappa shape index (κ3) is 1.80. The van der Waals surface area contributed by atoms with Gasteiger partial charge in [0.25, 0.3) is 0 Å². The van der Waals surface area contributed by atoms with Crippen molar-refractivity contribution in [3.63, 3.8) is 0 Å². The van der Waals surface area contributed by atoms with Crippen molar-refractivity contribution in [3.05, 3.63) is 0 Å². The first-order valence-corrected chi connectivity index (χ1v) is 4.08. The number of carbonyl (C=O) groups excluding carboxylic acids is 1. The van der Waals surface area contributed by atoms with Gasteiger partial charge in [-0.05, 0) is 13.8 Å². The maximum absolute atomic E-state index is 11.3. The summed E-state index contributed by atoms with van der Waals surface area (Å²) < 4.78 is 4.90. The second-order valence-corrected chi connectivity index (χ2v) is 3.46. The lowest BCUT2D eigenvalue weighted by Crippen LogP contribution is -2.57. The Labute approximate surface area is 76.3 Å². The van der Waals surface area contributed by atoms with E-state index in [0.717, 1.165) is 0 Å². The summed E-state index contributed by atoms with van der Waals surface area (Å²) in [5, 5.41) is 8.88. The van der Waals surface area contributed by atoms with Crippen molar-refractivity contribution < 1.29 is 19.4 Å². The summed E-state index contributed by atoms with van der Waals surface area (Å²) in [6.07, 6.45) is 0. The Hall–Kier alpha value is -1.10. The van der Waals surface area contributed by atoms with E-state index in [2.05, 4.69) is 0 Å². The number of nitrogens with zero attached hydrogens (tertiary/aromatic N) is 1.